The van der Waals surface area contributed by atoms with Crippen LogP contribution in [-0.4, -0.2) is 59.5 Å². The molecule has 0 atom stereocenters. The molecule has 2 amide bonds. The van der Waals surface area contributed by atoms with E-state index in [1.54, 1.807) is 17.9 Å². The molecule has 1 N–H and O–H groups in total. The van der Waals surface area contributed by atoms with E-state index in [-0.39, 0.29) is 18.4 Å². The number of aryl methyl sites for hydroxylation is 2. The van der Waals surface area contributed by atoms with Crippen molar-refractivity contribution in [2.75, 3.05) is 38.0 Å². The molecule has 7 heteroatoms. The van der Waals surface area contributed by atoms with E-state index in [0.29, 0.717) is 31.0 Å². The minimum Gasteiger partial charge on any atom is -0.360 e. The van der Waals surface area contributed by atoms with Gasteiger partial charge < -0.3 is 19.6 Å². The summed E-state index contributed by atoms with van der Waals surface area (Å²) in [5.74, 6) is 0.740. The van der Waals surface area contributed by atoms with Gasteiger partial charge in [-0.15, -0.1) is 0 Å². The third-order valence-electron chi connectivity index (χ3n) is 5.19. The summed E-state index contributed by atoms with van der Waals surface area (Å²) in [6.07, 6.45) is 4.74. The maximum atomic E-state index is 12.9. The Bertz CT molecular complexity index is 784. The van der Waals surface area contributed by atoms with Crippen LogP contribution in [0.4, 0.5) is 5.82 Å². The van der Waals surface area contributed by atoms with Crippen LogP contribution in [0.3, 0.4) is 0 Å². The molecule has 7 nitrogen and oxygen atoms in total. The lowest BCUT2D eigenvalue weighted by molar-refractivity contribution is -0.134. The summed E-state index contributed by atoms with van der Waals surface area (Å²) in [6, 6.07) is 11.6. The minimum atomic E-state index is -0.259. The highest BCUT2D eigenvalue weighted by molar-refractivity contribution is 5.93. The molecule has 1 aliphatic heterocycles. The minimum absolute atomic E-state index is 0.00246. The quantitative estimate of drug-likeness (QED) is 0.703. The first-order valence-electron chi connectivity index (χ1n) is 10.4. The van der Waals surface area contributed by atoms with Gasteiger partial charge in [-0.2, -0.15) is 0 Å². The molecule has 1 saturated heterocycles. The molecule has 2 aromatic rings. The molecular weight excluding hydrogens is 368 g/mol. The molecule has 0 aliphatic carbocycles. The molecule has 0 spiro atoms. The van der Waals surface area contributed by atoms with E-state index in [1.165, 1.54) is 19.3 Å². The Kier molecular flexibility index (Phi) is 7.81. The molecule has 1 aromatic carbocycles. The van der Waals surface area contributed by atoms with Gasteiger partial charge in [-0.25, -0.2) is 0 Å². The number of carbonyl (C=O) groups is 2. The average Bonchev–Trinajstić information content (AvgIpc) is 3.15. The van der Waals surface area contributed by atoms with Crippen LogP contribution in [0.15, 0.2) is 40.9 Å². The lowest BCUT2D eigenvalue weighted by Crippen LogP contribution is -2.43. The molecule has 0 radical (unpaired) electrons. The van der Waals surface area contributed by atoms with Crippen LogP contribution in [0.5, 0.6) is 0 Å². The molecule has 3 rings (SSSR count). The SMILES string of the molecule is Cc1cc(NC(=O)CN(CCN2CCCCC2)C(=O)CCc2ccccc2)no1. The van der Waals surface area contributed by atoms with E-state index in [0.717, 1.165) is 25.2 Å². The Morgan fingerprint density at radius 1 is 1.17 bits per heavy atom. The molecule has 0 bridgehead atoms. The summed E-state index contributed by atoms with van der Waals surface area (Å²) in [5.41, 5.74) is 1.12. The van der Waals surface area contributed by atoms with Crippen molar-refractivity contribution in [3.05, 3.63) is 47.7 Å². The Labute approximate surface area is 172 Å². The first-order valence-corrected chi connectivity index (χ1v) is 10.4. The van der Waals surface area contributed by atoms with Gasteiger partial charge in [0.1, 0.15) is 5.76 Å². The van der Waals surface area contributed by atoms with Crippen molar-refractivity contribution >= 4 is 17.6 Å². The van der Waals surface area contributed by atoms with Gasteiger partial charge in [0.15, 0.2) is 5.82 Å². The van der Waals surface area contributed by atoms with Gasteiger partial charge >= 0.3 is 0 Å². The summed E-state index contributed by atoms with van der Waals surface area (Å²) < 4.78 is 4.98. The summed E-state index contributed by atoms with van der Waals surface area (Å²) in [6.45, 7) is 5.27. The fourth-order valence-electron chi connectivity index (χ4n) is 3.57. The van der Waals surface area contributed by atoms with E-state index in [9.17, 15) is 9.59 Å². The Balaban J connectivity index is 1.56. The van der Waals surface area contributed by atoms with Gasteiger partial charge in [0, 0.05) is 25.6 Å². The van der Waals surface area contributed by atoms with Gasteiger partial charge in [-0.05, 0) is 44.8 Å². The van der Waals surface area contributed by atoms with Crippen molar-refractivity contribution in [3.8, 4) is 0 Å². The monoisotopic (exact) mass is 398 g/mol. The van der Waals surface area contributed by atoms with Gasteiger partial charge in [-0.3, -0.25) is 9.59 Å². The zero-order valence-corrected chi connectivity index (χ0v) is 17.1. The Morgan fingerprint density at radius 2 is 1.93 bits per heavy atom. The molecular formula is C22H30N4O3. The predicted molar refractivity (Wildman–Crippen MR) is 112 cm³/mol. The summed E-state index contributed by atoms with van der Waals surface area (Å²) in [7, 11) is 0. The highest BCUT2D eigenvalue weighted by Crippen LogP contribution is 2.11. The van der Waals surface area contributed by atoms with Gasteiger partial charge in [-0.1, -0.05) is 41.9 Å². The number of aromatic nitrogens is 1. The van der Waals surface area contributed by atoms with E-state index in [4.69, 9.17) is 4.52 Å². The lowest BCUT2D eigenvalue weighted by atomic mass is 10.1. The van der Waals surface area contributed by atoms with Crippen LogP contribution < -0.4 is 5.32 Å². The molecule has 1 fully saturated rings. The van der Waals surface area contributed by atoms with Crippen LogP contribution in [0.25, 0.3) is 0 Å². The Morgan fingerprint density at radius 3 is 2.62 bits per heavy atom. The molecule has 156 valence electrons. The number of piperidine rings is 1. The second-order valence-corrected chi connectivity index (χ2v) is 7.57. The van der Waals surface area contributed by atoms with Crippen LogP contribution in [0, 0.1) is 6.92 Å². The lowest BCUT2D eigenvalue weighted by Gasteiger charge is -2.30. The molecule has 0 saturated carbocycles. The number of amides is 2. The second-order valence-electron chi connectivity index (χ2n) is 7.57. The number of benzene rings is 1. The van der Waals surface area contributed by atoms with Crippen molar-refractivity contribution in [1.29, 1.82) is 0 Å². The highest BCUT2D eigenvalue weighted by Gasteiger charge is 2.20. The number of nitrogens with zero attached hydrogens (tertiary/aromatic N) is 3. The summed E-state index contributed by atoms with van der Waals surface area (Å²) >= 11 is 0. The van der Waals surface area contributed by atoms with Gasteiger partial charge in [0.25, 0.3) is 0 Å². The number of anilines is 1. The van der Waals surface area contributed by atoms with Crippen LogP contribution in [0.1, 0.15) is 37.0 Å². The summed E-state index contributed by atoms with van der Waals surface area (Å²) in [4.78, 5) is 29.4. The van der Waals surface area contributed by atoms with Crippen molar-refractivity contribution in [3.63, 3.8) is 0 Å². The van der Waals surface area contributed by atoms with Crippen molar-refractivity contribution in [1.82, 2.24) is 15.0 Å². The third kappa shape index (κ3) is 7.02. The van der Waals surface area contributed by atoms with Crippen LogP contribution in [0.2, 0.25) is 0 Å². The second kappa shape index (κ2) is 10.8. The van der Waals surface area contributed by atoms with Crippen LogP contribution >= 0.6 is 0 Å². The number of nitrogens with one attached hydrogen (secondary N) is 1. The van der Waals surface area contributed by atoms with E-state index < -0.39 is 0 Å². The molecule has 1 aromatic heterocycles. The first kappa shape index (κ1) is 21.0. The van der Waals surface area contributed by atoms with Crippen molar-refractivity contribution in [2.45, 2.75) is 39.0 Å². The van der Waals surface area contributed by atoms with Crippen molar-refractivity contribution < 1.29 is 14.1 Å². The smallest absolute Gasteiger partial charge is 0.245 e. The summed E-state index contributed by atoms with van der Waals surface area (Å²) in [5, 5.41) is 6.49. The number of likely N-dealkylation sites (tertiary alicyclic amines) is 1. The molecule has 0 unspecified atom stereocenters. The predicted octanol–water partition coefficient (Wildman–Crippen LogP) is 2.87. The highest BCUT2D eigenvalue weighted by atomic mass is 16.5. The number of carbonyl (C=O) groups excluding carboxylic acids is 2. The standard InChI is InChI=1S/C22H30N4O3/c1-18-16-20(24-29-18)23-21(27)17-26(15-14-25-12-6-3-7-13-25)22(28)11-10-19-8-4-2-5-9-19/h2,4-5,8-9,16H,3,6-7,10-15,17H2,1H3,(H,23,24,27). The average molecular weight is 399 g/mol. The number of hydrogen-bond donors (Lipinski definition) is 1. The normalized spacial score (nSPS) is 14.5. The van der Waals surface area contributed by atoms with Gasteiger partial charge in [0.2, 0.25) is 11.8 Å². The zero-order chi connectivity index (χ0) is 20.5. The van der Waals surface area contributed by atoms with E-state index >= 15 is 0 Å². The molecule has 29 heavy (non-hydrogen) atoms. The fourth-order valence-corrected chi connectivity index (χ4v) is 3.57. The third-order valence-corrected chi connectivity index (χ3v) is 5.19. The largest absolute Gasteiger partial charge is 0.360 e. The first-order chi connectivity index (χ1) is 14.1. The van der Waals surface area contributed by atoms with Gasteiger partial charge in [0.05, 0.1) is 6.54 Å². The van der Waals surface area contributed by atoms with E-state index in [1.807, 2.05) is 30.3 Å². The fraction of sp³-hybridized carbons (Fsp3) is 0.500. The molecule has 2 heterocycles. The van der Waals surface area contributed by atoms with Crippen molar-refractivity contribution in [2.24, 2.45) is 0 Å². The topological polar surface area (TPSA) is 78.7 Å². The number of rotatable bonds is 9. The van der Waals surface area contributed by atoms with Crippen LogP contribution in [-0.2, 0) is 16.0 Å². The maximum absolute atomic E-state index is 12.9. The van der Waals surface area contributed by atoms with E-state index in [2.05, 4.69) is 15.4 Å². The Hall–Kier alpha value is -2.67. The molecule has 1 aliphatic rings. The zero-order valence-electron chi connectivity index (χ0n) is 17.1. The number of hydrogen-bond acceptors (Lipinski definition) is 5. The maximum Gasteiger partial charge on any atom is 0.245 e.